The normalized spacial score (nSPS) is 25.1. The summed E-state index contributed by atoms with van der Waals surface area (Å²) in [5.74, 6) is -3.72. The lowest BCUT2D eigenvalue weighted by atomic mass is 9.76. The fourth-order valence-electron chi connectivity index (χ4n) is 6.03. The lowest BCUT2D eigenvalue weighted by Crippen LogP contribution is -2.25. The van der Waals surface area contributed by atoms with Crippen molar-refractivity contribution in [1.29, 1.82) is 0 Å². The third kappa shape index (κ3) is 5.76. The van der Waals surface area contributed by atoms with E-state index in [4.69, 9.17) is 4.74 Å². The van der Waals surface area contributed by atoms with Crippen LogP contribution in [-0.2, 0) is 4.74 Å². The van der Waals surface area contributed by atoms with Crippen LogP contribution in [0.5, 0.6) is 0 Å². The van der Waals surface area contributed by atoms with Gasteiger partial charge in [0.2, 0.25) is 0 Å². The fourth-order valence-corrected chi connectivity index (χ4v) is 6.03. The minimum absolute atomic E-state index is 0.0248. The second-order valence-electron chi connectivity index (χ2n) is 10.5. The molecule has 2 fully saturated rings. The monoisotopic (exact) mass is 490 g/mol. The first-order valence-electron chi connectivity index (χ1n) is 13.5. The van der Waals surface area contributed by atoms with Gasteiger partial charge in [-0.15, -0.1) is 0 Å². The summed E-state index contributed by atoms with van der Waals surface area (Å²) >= 11 is 0. The number of ether oxygens (including phenoxy) is 1. The number of hydrogen-bond donors (Lipinski definition) is 0. The second-order valence-corrected chi connectivity index (χ2v) is 10.5. The average molecular weight is 491 g/mol. The Hall–Kier alpha value is -1.88. The zero-order valence-corrected chi connectivity index (χ0v) is 21.0. The molecule has 5 heteroatoms. The molecule has 1 heterocycles. The summed E-state index contributed by atoms with van der Waals surface area (Å²) in [5, 5.41) is 0. The summed E-state index contributed by atoms with van der Waals surface area (Å²) in [5.41, 5.74) is 0.143. The van der Waals surface area contributed by atoms with Crippen molar-refractivity contribution in [2.45, 2.75) is 102 Å². The van der Waals surface area contributed by atoms with Gasteiger partial charge in [0.15, 0.2) is 23.3 Å². The molecule has 2 unspecified atom stereocenters. The standard InChI is InChI=1S/C30H38F4O/c1-3-5-7-19-8-10-20(11-9-19)23-14-16-25(29(33)27(23)31)26-17-15-24(28(32)30(26)34)21-12-13-22(6-4-2)35-18-21/h14-17,19-22H,3-13,18H2,1-2H3. The Balaban J connectivity index is 1.50. The number of rotatable bonds is 8. The van der Waals surface area contributed by atoms with E-state index in [1.807, 2.05) is 0 Å². The van der Waals surface area contributed by atoms with E-state index in [-0.39, 0.29) is 34.6 Å². The quantitative estimate of drug-likeness (QED) is 0.335. The number of halogens is 4. The van der Waals surface area contributed by atoms with Crippen LogP contribution in [0.4, 0.5) is 17.6 Å². The molecule has 0 bridgehead atoms. The summed E-state index contributed by atoms with van der Waals surface area (Å²) in [4.78, 5) is 0. The molecule has 1 saturated carbocycles. The summed E-state index contributed by atoms with van der Waals surface area (Å²) in [7, 11) is 0. The topological polar surface area (TPSA) is 9.23 Å². The van der Waals surface area contributed by atoms with Crippen molar-refractivity contribution in [3.8, 4) is 11.1 Å². The summed E-state index contributed by atoms with van der Waals surface area (Å²) in [6.45, 7) is 4.62. The lowest BCUT2D eigenvalue weighted by molar-refractivity contribution is -0.00181. The molecule has 0 amide bonds. The van der Waals surface area contributed by atoms with E-state index in [1.165, 1.54) is 37.5 Å². The molecule has 1 nitrogen and oxygen atoms in total. The van der Waals surface area contributed by atoms with E-state index in [0.29, 0.717) is 18.1 Å². The highest BCUT2D eigenvalue weighted by atomic mass is 19.2. The molecule has 2 atom stereocenters. The van der Waals surface area contributed by atoms with Crippen molar-refractivity contribution in [3.05, 3.63) is 58.7 Å². The van der Waals surface area contributed by atoms with Crippen LogP contribution in [0.2, 0.25) is 0 Å². The predicted octanol–water partition coefficient (Wildman–Crippen LogP) is 9.44. The number of hydrogen-bond acceptors (Lipinski definition) is 1. The van der Waals surface area contributed by atoms with E-state index in [0.717, 1.165) is 51.4 Å². The van der Waals surface area contributed by atoms with E-state index in [1.54, 1.807) is 6.07 Å². The zero-order valence-electron chi connectivity index (χ0n) is 21.0. The Morgan fingerprint density at radius 3 is 1.74 bits per heavy atom. The fraction of sp³-hybridized carbons (Fsp3) is 0.600. The molecule has 35 heavy (non-hydrogen) atoms. The van der Waals surface area contributed by atoms with Crippen molar-refractivity contribution >= 4 is 0 Å². The molecule has 0 radical (unpaired) electrons. The first kappa shape index (κ1) is 26.2. The van der Waals surface area contributed by atoms with Gasteiger partial charge in [-0.2, -0.15) is 0 Å². The number of benzene rings is 2. The largest absolute Gasteiger partial charge is 0.378 e. The minimum Gasteiger partial charge on any atom is -0.378 e. The molecule has 4 rings (SSSR count). The molecule has 1 aliphatic heterocycles. The molecule has 2 aromatic carbocycles. The van der Waals surface area contributed by atoms with Crippen molar-refractivity contribution in [3.63, 3.8) is 0 Å². The molecule has 2 aliphatic rings. The molecule has 0 spiro atoms. The van der Waals surface area contributed by atoms with Gasteiger partial charge in [-0.3, -0.25) is 0 Å². The highest BCUT2D eigenvalue weighted by Gasteiger charge is 2.29. The Labute approximate surface area is 207 Å². The van der Waals surface area contributed by atoms with Gasteiger partial charge in [0.1, 0.15) is 0 Å². The van der Waals surface area contributed by atoms with Crippen LogP contribution >= 0.6 is 0 Å². The van der Waals surface area contributed by atoms with Crippen LogP contribution in [0.25, 0.3) is 11.1 Å². The zero-order chi connectivity index (χ0) is 24.9. The molecular weight excluding hydrogens is 452 g/mol. The summed E-state index contributed by atoms with van der Waals surface area (Å²) in [6.07, 6.45) is 11.0. The van der Waals surface area contributed by atoms with Crippen LogP contribution in [0.1, 0.15) is 107 Å². The van der Waals surface area contributed by atoms with Crippen LogP contribution < -0.4 is 0 Å². The van der Waals surface area contributed by atoms with Crippen molar-refractivity contribution in [2.75, 3.05) is 6.61 Å². The van der Waals surface area contributed by atoms with Crippen LogP contribution in [-0.4, -0.2) is 12.7 Å². The molecule has 192 valence electrons. The van der Waals surface area contributed by atoms with Gasteiger partial charge in [-0.25, -0.2) is 17.6 Å². The van der Waals surface area contributed by atoms with Gasteiger partial charge in [-0.1, -0.05) is 63.8 Å². The third-order valence-corrected chi connectivity index (χ3v) is 8.19. The third-order valence-electron chi connectivity index (χ3n) is 8.19. The van der Waals surface area contributed by atoms with Gasteiger partial charge in [-0.05, 0) is 67.9 Å². The maximum atomic E-state index is 15.1. The average Bonchev–Trinajstić information content (AvgIpc) is 2.87. The molecule has 0 N–H and O–H groups in total. The predicted molar refractivity (Wildman–Crippen MR) is 133 cm³/mol. The molecule has 1 aliphatic carbocycles. The SMILES string of the molecule is CCCCC1CCC(c2ccc(-c3ccc(C4CCC(CCC)OC4)c(F)c3F)c(F)c2F)CC1. The smallest absolute Gasteiger partial charge is 0.167 e. The van der Waals surface area contributed by atoms with E-state index < -0.39 is 23.3 Å². The highest BCUT2D eigenvalue weighted by molar-refractivity contribution is 5.66. The second kappa shape index (κ2) is 11.9. The van der Waals surface area contributed by atoms with Crippen LogP contribution in [0, 0.1) is 29.2 Å². The molecular formula is C30H38F4O. The Kier molecular flexibility index (Phi) is 8.91. The van der Waals surface area contributed by atoms with Crippen LogP contribution in [0.3, 0.4) is 0 Å². The minimum atomic E-state index is -1.12. The van der Waals surface area contributed by atoms with Gasteiger partial charge in [0.25, 0.3) is 0 Å². The lowest BCUT2D eigenvalue weighted by Gasteiger charge is -2.30. The first-order valence-corrected chi connectivity index (χ1v) is 13.5. The van der Waals surface area contributed by atoms with Crippen LogP contribution in [0.15, 0.2) is 24.3 Å². The first-order chi connectivity index (χ1) is 16.9. The maximum Gasteiger partial charge on any atom is 0.167 e. The van der Waals surface area contributed by atoms with E-state index in [2.05, 4.69) is 13.8 Å². The molecule has 1 saturated heterocycles. The van der Waals surface area contributed by atoms with Gasteiger partial charge in [0.05, 0.1) is 12.7 Å². The Morgan fingerprint density at radius 1 is 0.657 bits per heavy atom. The van der Waals surface area contributed by atoms with E-state index >= 15 is 17.6 Å². The molecule has 0 aromatic heterocycles. The van der Waals surface area contributed by atoms with Gasteiger partial charge >= 0.3 is 0 Å². The number of unbranched alkanes of at least 4 members (excludes halogenated alkanes) is 1. The molecule has 2 aromatic rings. The van der Waals surface area contributed by atoms with Crippen molar-refractivity contribution in [1.82, 2.24) is 0 Å². The summed E-state index contributed by atoms with van der Waals surface area (Å²) < 4.78 is 66.3. The van der Waals surface area contributed by atoms with Crippen molar-refractivity contribution < 1.29 is 22.3 Å². The van der Waals surface area contributed by atoms with Gasteiger partial charge < -0.3 is 4.74 Å². The van der Waals surface area contributed by atoms with E-state index in [9.17, 15) is 0 Å². The Morgan fingerprint density at radius 2 is 1.23 bits per heavy atom. The van der Waals surface area contributed by atoms with Gasteiger partial charge in [0, 0.05) is 17.0 Å². The summed E-state index contributed by atoms with van der Waals surface area (Å²) in [6, 6.07) is 5.86. The van der Waals surface area contributed by atoms with Crippen molar-refractivity contribution in [2.24, 2.45) is 5.92 Å². The Bertz CT molecular complexity index is 988. The highest BCUT2D eigenvalue weighted by Crippen LogP contribution is 2.41. The maximum absolute atomic E-state index is 15.1.